The van der Waals surface area contributed by atoms with E-state index in [9.17, 15) is 0 Å². The summed E-state index contributed by atoms with van der Waals surface area (Å²) < 4.78 is 0. The molecule has 0 amide bonds. The van der Waals surface area contributed by atoms with Crippen LogP contribution >= 0.6 is 11.8 Å². The van der Waals surface area contributed by atoms with Gasteiger partial charge in [0.15, 0.2) is 0 Å². The molecule has 0 fully saturated rings. The first-order chi connectivity index (χ1) is 8.58. The van der Waals surface area contributed by atoms with Gasteiger partial charge in [-0.25, -0.2) is 0 Å². The highest BCUT2D eigenvalue weighted by atomic mass is 32.2. The van der Waals surface area contributed by atoms with Crippen molar-refractivity contribution in [2.24, 2.45) is 11.7 Å². The molecule has 0 aliphatic rings. The molecule has 102 valence electrons. The molecule has 0 aromatic heterocycles. The highest BCUT2D eigenvalue weighted by molar-refractivity contribution is 7.99. The van der Waals surface area contributed by atoms with Crippen molar-refractivity contribution >= 4 is 11.8 Å². The molecule has 3 unspecified atom stereocenters. The van der Waals surface area contributed by atoms with Crippen LogP contribution in [-0.4, -0.2) is 23.5 Å². The van der Waals surface area contributed by atoms with E-state index >= 15 is 0 Å². The number of nitrogens with two attached hydrogens (primary N) is 1. The van der Waals surface area contributed by atoms with Gasteiger partial charge in [0.05, 0.1) is 0 Å². The molecule has 0 bridgehead atoms. The first-order valence-corrected chi connectivity index (χ1v) is 7.68. The lowest BCUT2D eigenvalue weighted by Gasteiger charge is -2.24. The molecule has 2 nitrogen and oxygen atoms in total. The Labute approximate surface area is 115 Å². The molecule has 3 N–H and O–H groups in total. The maximum absolute atomic E-state index is 9.11. The van der Waals surface area contributed by atoms with Crippen molar-refractivity contribution in [3.63, 3.8) is 0 Å². The monoisotopic (exact) mass is 267 g/mol. The van der Waals surface area contributed by atoms with E-state index in [0.29, 0.717) is 11.2 Å². The summed E-state index contributed by atoms with van der Waals surface area (Å²) in [6, 6.07) is 8.79. The van der Waals surface area contributed by atoms with Gasteiger partial charge in [0.1, 0.15) is 0 Å². The number of hydrogen-bond acceptors (Lipinski definition) is 3. The summed E-state index contributed by atoms with van der Waals surface area (Å²) in [5, 5.41) is 9.43. The predicted molar refractivity (Wildman–Crippen MR) is 80.9 cm³/mol. The van der Waals surface area contributed by atoms with Crippen LogP contribution in [0.3, 0.4) is 0 Å². The highest BCUT2D eigenvalue weighted by Gasteiger charge is 2.19. The fourth-order valence-corrected chi connectivity index (χ4v) is 3.19. The molecule has 0 heterocycles. The Hall–Kier alpha value is -0.510. The Morgan fingerprint density at radius 1 is 1.28 bits per heavy atom. The minimum Gasteiger partial charge on any atom is -0.396 e. The zero-order valence-electron chi connectivity index (χ0n) is 11.6. The average Bonchev–Trinajstić information content (AvgIpc) is 2.40. The smallest absolute Gasteiger partial charge is 0.0464 e. The highest BCUT2D eigenvalue weighted by Crippen LogP contribution is 2.33. The Morgan fingerprint density at radius 2 is 1.89 bits per heavy atom. The largest absolute Gasteiger partial charge is 0.396 e. The number of aliphatic hydroxyl groups excluding tert-OH is 1. The van der Waals surface area contributed by atoms with Crippen LogP contribution in [0.4, 0.5) is 0 Å². The van der Waals surface area contributed by atoms with E-state index in [-0.39, 0.29) is 12.6 Å². The summed E-state index contributed by atoms with van der Waals surface area (Å²) in [5.74, 6) is 1.27. The van der Waals surface area contributed by atoms with E-state index in [0.717, 1.165) is 12.2 Å². The van der Waals surface area contributed by atoms with Crippen LogP contribution in [0.1, 0.15) is 36.6 Å². The molecule has 0 aliphatic carbocycles. The SMILES string of the molecule is CCC(N)C(SCC(C)CO)c1ccc(C)cc1. The minimum atomic E-state index is 0.170. The summed E-state index contributed by atoms with van der Waals surface area (Å²) in [4.78, 5) is 0. The van der Waals surface area contributed by atoms with Crippen molar-refractivity contribution in [3.8, 4) is 0 Å². The normalized spacial score (nSPS) is 16.3. The molecule has 3 heteroatoms. The molecule has 0 spiro atoms. The molecular weight excluding hydrogens is 242 g/mol. The number of aryl methyl sites for hydroxylation is 1. The molecule has 1 aromatic rings. The lowest BCUT2D eigenvalue weighted by Crippen LogP contribution is -2.26. The number of thioether (sulfide) groups is 1. The van der Waals surface area contributed by atoms with Gasteiger partial charge in [-0.05, 0) is 30.6 Å². The summed E-state index contributed by atoms with van der Waals surface area (Å²) in [6.07, 6.45) is 0.971. The number of aliphatic hydroxyl groups is 1. The third kappa shape index (κ3) is 4.63. The van der Waals surface area contributed by atoms with Crippen LogP contribution in [0.25, 0.3) is 0 Å². The topological polar surface area (TPSA) is 46.2 Å². The van der Waals surface area contributed by atoms with Gasteiger partial charge >= 0.3 is 0 Å². The zero-order chi connectivity index (χ0) is 13.5. The second-order valence-corrected chi connectivity index (χ2v) is 6.20. The molecule has 1 rings (SSSR count). The van der Waals surface area contributed by atoms with E-state index in [1.807, 2.05) is 11.8 Å². The fraction of sp³-hybridized carbons (Fsp3) is 0.600. The van der Waals surface area contributed by atoms with Crippen molar-refractivity contribution in [2.45, 2.75) is 38.5 Å². The first kappa shape index (κ1) is 15.5. The third-order valence-corrected chi connectivity index (χ3v) is 4.88. The third-order valence-electron chi connectivity index (χ3n) is 3.14. The van der Waals surface area contributed by atoms with Gasteiger partial charge in [0, 0.05) is 17.9 Å². The second-order valence-electron chi connectivity index (χ2n) is 5.02. The lowest BCUT2D eigenvalue weighted by molar-refractivity contribution is 0.250. The lowest BCUT2D eigenvalue weighted by atomic mass is 10.0. The van der Waals surface area contributed by atoms with Gasteiger partial charge in [0.25, 0.3) is 0 Å². The van der Waals surface area contributed by atoms with Crippen molar-refractivity contribution in [1.29, 1.82) is 0 Å². The van der Waals surface area contributed by atoms with Gasteiger partial charge in [0.2, 0.25) is 0 Å². The fourth-order valence-electron chi connectivity index (χ4n) is 1.76. The Balaban J connectivity index is 2.74. The van der Waals surface area contributed by atoms with Crippen molar-refractivity contribution in [1.82, 2.24) is 0 Å². The zero-order valence-corrected chi connectivity index (χ0v) is 12.4. The van der Waals surface area contributed by atoms with Crippen molar-refractivity contribution < 1.29 is 5.11 Å². The maximum atomic E-state index is 9.11. The first-order valence-electron chi connectivity index (χ1n) is 6.63. The molecule has 1 aromatic carbocycles. The van der Waals surface area contributed by atoms with Gasteiger partial charge < -0.3 is 10.8 Å². The van der Waals surface area contributed by atoms with Gasteiger partial charge in [-0.15, -0.1) is 0 Å². The molecule has 0 aliphatic heterocycles. The van der Waals surface area contributed by atoms with Crippen LogP contribution in [-0.2, 0) is 0 Å². The van der Waals surface area contributed by atoms with Crippen LogP contribution < -0.4 is 5.73 Å². The second kappa shape index (κ2) is 7.82. The summed E-state index contributed by atoms with van der Waals surface area (Å²) >= 11 is 1.86. The van der Waals surface area contributed by atoms with Gasteiger partial charge in [-0.3, -0.25) is 0 Å². The molecule has 0 radical (unpaired) electrons. The van der Waals surface area contributed by atoms with E-state index in [2.05, 4.69) is 45.0 Å². The Bertz CT molecular complexity index is 339. The number of hydrogen-bond donors (Lipinski definition) is 2. The van der Waals surface area contributed by atoms with Gasteiger partial charge in [-0.1, -0.05) is 43.7 Å². The molecule has 0 saturated carbocycles. The molecule has 3 atom stereocenters. The molecule has 18 heavy (non-hydrogen) atoms. The minimum absolute atomic E-state index is 0.170. The van der Waals surface area contributed by atoms with Crippen LogP contribution in [0.5, 0.6) is 0 Å². The molecular formula is C15H25NOS. The summed E-state index contributed by atoms with van der Waals surface area (Å²) in [5.41, 5.74) is 8.80. The van der Waals surface area contributed by atoms with Crippen LogP contribution in [0, 0.1) is 12.8 Å². The van der Waals surface area contributed by atoms with E-state index in [1.54, 1.807) is 0 Å². The van der Waals surface area contributed by atoms with Gasteiger partial charge in [-0.2, -0.15) is 11.8 Å². The van der Waals surface area contributed by atoms with Crippen LogP contribution in [0.15, 0.2) is 24.3 Å². The van der Waals surface area contributed by atoms with Crippen molar-refractivity contribution in [3.05, 3.63) is 35.4 Å². The van der Waals surface area contributed by atoms with E-state index in [1.165, 1.54) is 11.1 Å². The van der Waals surface area contributed by atoms with Crippen LogP contribution in [0.2, 0.25) is 0 Å². The quantitative estimate of drug-likeness (QED) is 0.798. The number of rotatable bonds is 7. The number of benzene rings is 1. The standard InChI is InChI=1S/C15H25NOS/c1-4-14(16)15(18-10-12(3)9-17)13-7-5-11(2)6-8-13/h5-8,12,14-15,17H,4,9-10,16H2,1-3H3. The van der Waals surface area contributed by atoms with E-state index in [4.69, 9.17) is 10.8 Å². The summed E-state index contributed by atoms with van der Waals surface area (Å²) in [7, 11) is 0. The Kier molecular flexibility index (Phi) is 6.76. The van der Waals surface area contributed by atoms with Crippen molar-refractivity contribution in [2.75, 3.05) is 12.4 Å². The summed E-state index contributed by atoms with van der Waals surface area (Å²) in [6.45, 7) is 6.53. The molecule has 0 saturated heterocycles. The average molecular weight is 267 g/mol. The maximum Gasteiger partial charge on any atom is 0.0464 e. The van der Waals surface area contributed by atoms with E-state index < -0.39 is 0 Å². The predicted octanol–water partition coefficient (Wildman–Crippen LogP) is 3.14. The Morgan fingerprint density at radius 3 is 2.39 bits per heavy atom.